The standard InChI is InChI=1S/C17H22Cl2N2O2.C2HF3O2/c18-14-8-13(16(22)9-15(14)19)7-11-2-5-21(6-3-11)17(23)12-1-4-20-10-12;3-2(4,5)1(6)7/h8-9,11-12,20,22H,1-7,10H2;(H,6,7)/t12-;/m1./s1. The first-order valence-electron chi connectivity index (χ1n) is 9.45. The Morgan fingerprint density at radius 2 is 1.70 bits per heavy atom. The maximum atomic E-state index is 12.4. The van der Waals surface area contributed by atoms with E-state index in [0.29, 0.717) is 21.9 Å². The van der Waals surface area contributed by atoms with Gasteiger partial charge in [-0.15, -0.1) is 0 Å². The normalized spacial score (nSPS) is 19.9. The van der Waals surface area contributed by atoms with Gasteiger partial charge in [-0.05, 0) is 49.8 Å². The summed E-state index contributed by atoms with van der Waals surface area (Å²) in [7, 11) is 0. The molecule has 0 spiro atoms. The first-order valence-corrected chi connectivity index (χ1v) is 10.2. The van der Waals surface area contributed by atoms with Crippen molar-refractivity contribution in [2.24, 2.45) is 11.8 Å². The van der Waals surface area contributed by atoms with E-state index in [1.807, 2.05) is 4.90 Å². The van der Waals surface area contributed by atoms with Gasteiger partial charge in [0.05, 0.1) is 16.0 Å². The monoisotopic (exact) mass is 470 g/mol. The fraction of sp³-hybridized carbons (Fsp3) is 0.579. The highest BCUT2D eigenvalue weighted by atomic mass is 35.5. The van der Waals surface area contributed by atoms with Crippen molar-refractivity contribution >= 4 is 35.1 Å². The summed E-state index contributed by atoms with van der Waals surface area (Å²) in [6.45, 7) is 3.38. The van der Waals surface area contributed by atoms with Crippen molar-refractivity contribution < 1.29 is 33.0 Å². The number of hydrogen-bond acceptors (Lipinski definition) is 4. The van der Waals surface area contributed by atoms with Crippen LogP contribution in [0.3, 0.4) is 0 Å². The van der Waals surface area contributed by atoms with Crippen LogP contribution >= 0.6 is 23.2 Å². The van der Waals surface area contributed by atoms with Gasteiger partial charge < -0.3 is 20.4 Å². The van der Waals surface area contributed by atoms with Crippen LogP contribution in [-0.2, 0) is 16.0 Å². The van der Waals surface area contributed by atoms with Crippen LogP contribution in [0.1, 0.15) is 24.8 Å². The van der Waals surface area contributed by atoms with E-state index >= 15 is 0 Å². The molecule has 6 nitrogen and oxygen atoms in total. The number of phenolic OH excluding ortho intramolecular Hbond substituents is 1. The molecule has 1 atom stereocenters. The minimum absolute atomic E-state index is 0.158. The molecule has 3 N–H and O–H groups in total. The minimum atomic E-state index is -5.08. The van der Waals surface area contributed by atoms with E-state index in [4.69, 9.17) is 33.1 Å². The zero-order chi connectivity index (χ0) is 22.5. The second-order valence-electron chi connectivity index (χ2n) is 7.36. The van der Waals surface area contributed by atoms with Crippen LogP contribution in [0.25, 0.3) is 0 Å². The highest BCUT2D eigenvalue weighted by Gasteiger charge is 2.38. The summed E-state index contributed by atoms with van der Waals surface area (Å²) in [5, 5.41) is 21.2. The molecule has 0 unspecified atom stereocenters. The van der Waals surface area contributed by atoms with E-state index in [9.17, 15) is 23.1 Å². The number of benzene rings is 1. The van der Waals surface area contributed by atoms with E-state index in [-0.39, 0.29) is 11.7 Å². The van der Waals surface area contributed by atoms with Gasteiger partial charge >= 0.3 is 12.1 Å². The van der Waals surface area contributed by atoms with Crippen molar-refractivity contribution in [3.63, 3.8) is 0 Å². The zero-order valence-corrected chi connectivity index (χ0v) is 17.5. The molecule has 1 amide bonds. The lowest BCUT2D eigenvalue weighted by Gasteiger charge is -2.33. The van der Waals surface area contributed by atoms with Gasteiger partial charge in [0.15, 0.2) is 0 Å². The average Bonchev–Trinajstić information content (AvgIpc) is 3.20. The van der Waals surface area contributed by atoms with Gasteiger partial charge in [0, 0.05) is 25.7 Å². The lowest BCUT2D eigenvalue weighted by atomic mass is 9.89. The van der Waals surface area contributed by atoms with Gasteiger partial charge in [-0.1, -0.05) is 23.2 Å². The summed E-state index contributed by atoms with van der Waals surface area (Å²) >= 11 is 11.9. The molecule has 2 saturated heterocycles. The Balaban J connectivity index is 0.000000396. The van der Waals surface area contributed by atoms with Crippen molar-refractivity contribution in [1.82, 2.24) is 10.2 Å². The van der Waals surface area contributed by atoms with Gasteiger partial charge in [-0.3, -0.25) is 4.79 Å². The molecular formula is C19H23Cl2F3N2O4. The molecule has 1 aromatic carbocycles. The van der Waals surface area contributed by atoms with E-state index in [1.54, 1.807) is 6.07 Å². The number of carboxylic acid groups (broad SMARTS) is 1. The van der Waals surface area contributed by atoms with Crippen molar-refractivity contribution in [3.8, 4) is 5.75 Å². The van der Waals surface area contributed by atoms with Crippen molar-refractivity contribution in [2.75, 3.05) is 26.2 Å². The maximum absolute atomic E-state index is 12.4. The number of carboxylic acids is 1. The molecule has 2 heterocycles. The van der Waals surface area contributed by atoms with Crippen LogP contribution in [-0.4, -0.2) is 59.3 Å². The second kappa shape index (κ2) is 10.5. The van der Waals surface area contributed by atoms with E-state index < -0.39 is 12.1 Å². The summed E-state index contributed by atoms with van der Waals surface area (Å²) in [5.74, 6) is -1.64. The fourth-order valence-corrected chi connectivity index (χ4v) is 3.88. The number of halogens is 5. The van der Waals surface area contributed by atoms with Crippen LogP contribution < -0.4 is 5.32 Å². The first-order chi connectivity index (χ1) is 14.0. The zero-order valence-electron chi connectivity index (χ0n) is 16.0. The minimum Gasteiger partial charge on any atom is -0.508 e. The molecule has 1 aromatic rings. The van der Waals surface area contributed by atoms with E-state index in [2.05, 4.69) is 5.32 Å². The number of phenols is 1. The Bertz CT molecular complexity index is 763. The Labute approximate surface area is 181 Å². The third kappa shape index (κ3) is 6.92. The molecule has 0 bridgehead atoms. The summed E-state index contributed by atoms with van der Waals surface area (Å²) in [6.07, 6.45) is -1.43. The molecule has 2 fully saturated rings. The molecule has 30 heavy (non-hydrogen) atoms. The maximum Gasteiger partial charge on any atom is 0.490 e. The average molecular weight is 471 g/mol. The molecular weight excluding hydrogens is 448 g/mol. The van der Waals surface area contributed by atoms with Gasteiger partial charge in [-0.25, -0.2) is 4.79 Å². The Morgan fingerprint density at radius 1 is 1.13 bits per heavy atom. The lowest BCUT2D eigenvalue weighted by molar-refractivity contribution is -0.192. The summed E-state index contributed by atoms with van der Waals surface area (Å²) in [5.41, 5.74) is 0.837. The lowest BCUT2D eigenvalue weighted by Crippen LogP contribution is -2.42. The summed E-state index contributed by atoms with van der Waals surface area (Å²) in [4.78, 5) is 23.3. The predicted molar refractivity (Wildman–Crippen MR) is 106 cm³/mol. The van der Waals surface area contributed by atoms with Crippen LogP contribution in [0, 0.1) is 11.8 Å². The SMILES string of the molecule is O=C(O)C(F)(F)F.O=C([C@@H]1CCNC1)N1CCC(Cc2cc(Cl)c(Cl)cc2O)CC1. The predicted octanol–water partition coefficient (Wildman–Crippen LogP) is 3.72. The third-order valence-corrected chi connectivity index (χ3v) is 5.93. The number of carbonyl (C=O) groups is 2. The molecule has 3 rings (SSSR count). The molecule has 0 radical (unpaired) electrons. The van der Waals surface area contributed by atoms with Crippen LogP contribution in [0.15, 0.2) is 12.1 Å². The van der Waals surface area contributed by atoms with Gasteiger partial charge in [0.1, 0.15) is 5.75 Å². The Hall–Kier alpha value is -1.71. The van der Waals surface area contributed by atoms with E-state index in [0.717, 1.165) is 57.4 Å². The van der Waals surface area contributed by atoms with Crippen molar-refractivity contribution in [1.29, 1.82) is 0 Å². The fourth-order valence-electron chi connectivity index (χ4n) is 3.53. The number of piperidine rings is 1. The Morgan fingerprint density at radius 3 is 2.20 bits per heavy atom. The largest absolute Gasteiger partial charge is 0.508 e. The summed E-state index contributed by atoms with van der Waals surface area (Å²) in [6, 6.07) is 3.26. The number of alkyl halides is 3. The topological polar surface area (TPSA) is 89.9 Å². The second-order valence-corrected chi connectivity index (χ2v) is 8.17. The van der Waals surface area contributed by atoms with E-state index in [1.165, 1.54) is 6.07 Å². The molecule has 0 aromatic heterocycles. The Kier molecular flexibility index (Phi) is 8.63. The van der Waals surface area contributed by atoms with Crippen LogP contribution in [0.2, 0.25) is 10.0 Å². The molecule has 2 aliphatic heterocycles. The molecule has 0 saturated carbocycles. The van der Waals surface area contributed by atoms with Crippen molar-refractivity contribution in [3.05, 3.63) is 27.7 Å². The number of aliphatic carboxylic acids is 1. The van der Waals surface area contributed by atoms with Gasteiger partial charge in [0.25, 0.3) is 0 Å². The van der Waals surface area contributed by atoms with Crippen molar-refractivity contribution in [2.45, 2.75) is 31.9 Å². The molecule has 168 valence electrons. The van der Waals surface area contributed by atoms with Gasteiger partial charge in [-0.2, -0.15) is 13.2 Å². The number of rotatable bonds is 3. The molecule has 2 aliphatic rings. The number of nitrogens with one attached hydrogen (secondary N) is 1. The smallest absolute Gasteiger partial charge is 0.490 e. The number of carbonyl (C=O) groups excluding carboxylic acids is 1. The molecule has 0 aliphatic carbocycles. The number of nitrogens with zero attached hydrogens (tertiary/aromatic N) is 1. The van der Waals surface area contributed by atoms with Crippen LogP contribution in [0.5, 0.6) is 5.75 Å². The highest BCUT2D eigenvalue weighted by molar-refractivity contribution is 6.42. The number of amides is 1. The number of aromatic hydroxyl groups is 1. The first kappa shape index (κ1) is 24.6. The number of likely N-dealkylation sites (tertiary alicyclic amines) is 1. The quantitative estimate of drug-likeness (QED) is 0.626. The highest BCUT2D eigenvalue weighted by Crippen LogP contribution is 2.33. The summed E-state index contributed by atoms with van der Waals surface area (Å²) < 4.78 is 31.7. The third-order valence-electron chi connectivity index (χ3n) is 5.21. The van der Waals surface area contributed by atoms with Crippen LogP contribution in [0.4, 0.5) is 13.2 Å². The molecule has 11 heteroatoms. The number of hydrogen-bond donors (Lipinski definition) is 3. The van der Waals surface area contributed by atoms with Gasteiger partial charge in [0.2, 0.25) is 5.91 Å².